The monoisotopic (exact) mass is 301 g/mol. The fourth-order valence-corrected chi connectivity index (χ4v) is 3.37. The number of hydrogen-bond donors (Lipinski definition) is 1. The molecule has 21 heavy (non-hydrogen) atoms. The van der Waals surface area contributed by atoms with Crippen LogP contribution in [-0.2, 0) is 4.79 Å². The van der Waals surface area contributed by atoms with E-state index in [2.05, 4.69) is 27.0 Å². The standard InChI is InChI=1S/C16H19N3OS/c1-11(15(20)17-2)21-16-18-10-14(19(16)13-8-9-13)12-6-4-3-5-7-12/h3-7,10-11,13H,8-9H2,1-2H3,(H,17,20). The van der Waals surface area contributed by atoms with Crippen molar-refractivity contribution in [1.29, 1.82) is 0 Å². The van der Waals surface area contributed by atoms with E-state index in [0.29, 0.717) is 6.04 Å². The minimum Gasteiger partial charge on any atom is -0.358 e. The van der Waals surface area contributed by atoms with Gasteiger partial charge < -0.3 is 9.88 Å². The van der Waals surface area contributed by atoms with Crippen molar-refractivity contribution in [2.75, 3.05) is 7.05 Å². The number of nitrogens with zero attached hydrogens (tertiary/aromatic N) is 2. The Morgan fingerprint density at radius 2 is 2.10 bits per heavy atom. The van der Waals surface area contributed by atoms with Gasteiger partial charge in [-0.05, 0) is 25.3 Å². The largest absolute Gasteiger partial charge is 0.358 e. The van der Waals surface area contributed by atoms with Crippen LogP contribution in [0.1, 0.15) is 25.8 Å². The fraction of sp³-hybridized carbons (Fsp3) is 0.375. The Bertz CT molecular complexity index is 634. The molecule has 3 rings (SSSR count). The molecule has 0 radical (unpaired) electrons. The first kappa shape index (κ1) is 14.2. The van der Waals surface area contributed by atoms with E-state index in [4.69, 9.17) is 0 Å². The van der Waals surface area contributed by atoms with Crippen LogP contribution in [-0.4, -0.2) is 27.8 Å². The summed E-state index contributed by atoms with van der Waals surface area (Å²) in [6, 6.07) is 10.8. The van der Waals surface area contributed by atoms with Crippen molar-refractivity contribution in [3.05, 3.63) is 36.5 Å². The molecule has 2 aromatic rings. The van der Waals surface area contributed by atoms with Gasteiger partial charge in [-0.1, -0.05) is 42.1 Å². The number of rotatable bonds is 5. The highest BCUT2D eigenvalue weighted by atomic mass is 32.2. The Morgan fingerprint density at radius 1 is 1.38 bits per heavy atom. The number of amides is 1. The third-order valence-electron chi connectivity index (χ3n) is 3.64. The molecule has 1 atom stereocenters. The van der Waals surface area contributed by atoms with E-state index in [1.165, 1.54) is 30.2 Å². The van der Waals surface area contributed by atoms with Crippen molar-refractivity contribution in [2.24, 2.45) is 0 Å². The zero-order valence-corrected chi connectivity index (χ0v) is 13.1. The van der Waals surface area contributed by atoms with Gasteiger partial charge in [0.25, 0.3) is 0 Å². The molecule has 0 saturated heterocycles. The highest BCUT2D eigenvalue weighted by molar-refractivity contribution is 8.00. The summed E-state index contributed by atoms with van der Waals surface area (Å²) in [5.41, 5.74) is 2.32. The second-order valence-corrected chi connectivity index (χ2v) is 6.58. The molecule has 1 amide bonds. The summed E-state index contributed by atoms with van der Waals surface area (Å²) in [6.07, 6.45) is 4.31. The van der Waals surface area contributed by atoms with Crippen molar-refractivity contribution in [3.8, 4) is 11.3 Å². The van der Waals surface area contributed by atoms with E-state index in [1.54, 1.807) is 7.05 Å². The van der Waals surface area contributed by atoms with E-state index in [-0.39, 0.29) is 11.2 Å². The van der Waals surface area contributed by atoms with Crippen LogP contribution in [0.5, 0.6) is 0 Å². The highest BCUT2D eigenvalue weighted by Gasteiger charge is 2.30. The van der Waals surface area contributed by atoms with Crippen molar-refractivity contribution in [3.63, 3.8) is 0 Å². The van der Waals surface area contributed by atoms with Crippen molar-refractivity contribution < 1.29 is 4.79 Å². The number of carbonyl (C=O) groups is 1. The maximum absolute atomic E-state index is 11.7. The lowest BCUT2D eigenvalue weighted by Crippen LogP contribution is -2.27. The third kappa shape index (κ3) is 2.97. The summed E-state index contributed by atoms with van der Waals surface area (Å²) >= 11 is 1.53. The Morgan fingerprint density at radius 3 is 2.71 bits per heavy atom. The fourth-order valence-electron chi connectivity index (χ4n) is 2.35. The molecule has 4 nitrogen and oxygen atoms in total. The van der Waals surface area contributed by atoms with Gasteiger partial charge in [0.1, 0.15) is 0 Å². The first-order chi connectivity index (χ1) is 10.2. The molecule has 1 aromatic carbocycles. The van der Waals surface area contributed by atoms with Crippen molar-refractivity contribution >= 4 is 17.7 Å². The zero-order valence-electron chi connectivity index (χ0n) is 12.2. The first-order valence-electron chi connectivity index (χ1n) is 7.21. The molecule has 5 heteroatoms. The lowest BCUT2D eigenvalue weighted by molar-refractivity contribution is -0.119. The molecular weight excluding hydrogens is 282 g/mol. The van der Waals surface area contributed by atoms with Gasteiger partial charge in [0, 0.05) is 13.1 Å². The van der Waals surface area contributed by atoms with Crippen LogP contribution in [0.25, 0.3) is 11.3 Å². The molecular formula is C16H19N3OS. The van der Waals surface area contributed by atoms with Crippen LogP contribution in [0.4, 0.5) is 0 Å². The Labute approximate surface area is 129 Å². The quantitative estimate of drug-likeness (QED) is 0.863. The first-order valence-corrected chi connectivity index (χ1v) is 8.09. The molecule has 0 bridgehead atoms. The molecule has 1 saturated carbocycles. The normalized spacial score (nSPS) is 15.7. The van der Waals surface area contributed by atoms with Crippen molar-refractivity contribution in [1.82, 2.24) is 14.9 Å². The van der Waals surface area contributed by atoms with Crippen molar-refractivity contribution in [2.45, 2.75) is 36.2 Å². The molecule has 1 aromatic heterocycles. The lowest BCUT2D eigenvalue weighted by atomic mass is 10.2. The number of benzene rings is 1. The van der Waals surface area contributed by atoms with E-state index in [0.717, 1.165) is 10.9 Å². The predicted octanol–water partition coefficient (Wildman–Crippen LogP) is 3.11. The molecule has 1 N–H and O–H groups in total. The van der Waals surface area contributed by atoms with Gasteiger partial charge in [-0.3, -0.25) is 4.79 Å². The summed E-state index contributed by atoms with van der Waals surface area (Å²) in [5.74, 6) is 0.0339. The maximum Gasteiger partial charge on any atom is 0.233 e. The van der Waals surface area contributed by atoms with Crippen LogP contribution in [0.2, 0.25) is 0 Å². The van der Waals surface area contributed by atoms with E-state index >= 15 is 0 Å². The molecule has 1 fully saturated rings. The summed E-state index contributed by atoms with van der Waals surface area (Å²) in [7, 11) is 1.67. The van der Waals surface area contributed by atoms with E-state index in [9.17, 15) is 4.79 Å². The van der Waals surface area contributed by atoms with Gasteiger partial charge in [-0.25, -0.2) is 4.98 Å². The second-order valence-electron chi connectivity index (χ2n) is 5.27. The SMILES string of the molecule is CNC(=O)C(C)Sc1ncc(-c2ccccc2)n1C1CC1. The van der Waals surface area contributed by atoms with E-state index in [1.807, 2.05) is 31.3 Å². The predicted molar refractivity (Wildman–Crippen MR) is 85.3 cm³/mol. The molecule has 0 spiro atoms. The number of imidazole rings is 1. The smallest absolute Gasteiger partial charge is 0.233 e. The summed E-state index contributed by atoms with van der Waals surface area (Å²) in [6.45, 7) is 1.91. The van der Waals surface area contributed by atoms with Crippen LogP contribution in [0, 0.1) is 0 Å². The number of hydrogen-bond acceptors (Lipinski definition) is 3. The molecule has 1 heterocycles. The highest BCUT2D eigenvalue weighted by Crippen LogP contribution is 2.42. The number of thioether (sulfide) groups is 1. The minimum absolute atomic E-state index is 0.0339. The molecule has 1 unspecified atom stereocenters. The van der Waals surface area contributed by atoms with Crippen LogP contribution in [0.3, 0.4) is 0 Å². The summed E-state index contributed by atoms with van der Waals surface area (Å²) in [5, 5.41) is 3.49. The van der Waals surface area contributed by atoms with Gasteiger partial charge in [-0.15, -0.1) is 0 Å². The van der Waals surface area contributed by atoms with Gasteiger partial charge in [-0.2, -0.15) is 0 Å². The summed E-state index contributed by atoms with van der Waals surface area (Å²) < 4.78 is 2.29. The molecule has 0 aliphatic heterocycles. The second kappa shape index (κ2) is 5.93. The average molecular weight is 301 g/mol. The van der Waals surface area contributed by atoms with Crippen LogP contribution in [0.15, 0.2) is 41.7 Å². The number of nitrogens with one attached hydrogen (secondary N) is 1. The van der Waals surface area contributed by atoms with Gasteiger partial charge in [0.15, 0.2) is 5.16 Å². The zero-order chi connectivity index (χ0) is 14.8. The lowest BCUT2D eigenvalue weighted by Gasteiger charge is -2.13. The van der Waals surface area contributed by atoms with Gasteiger partial charge in [0.05, 0.1) is 17.1 Å². The molecule has 1 aliphatic rings. The minimum atomic E-state index is -0.140. The van der Waals surface area contributed by atoms with E-state index < -0.39 is 0 Å². The molecule has 1 aliphatic carbocycles. The van der Waals surface area contributed by atoms with Gasteiger partial charge >= 0.3 is 0 Å². The summed E-state index contributed by atoms with van der Waals surface area (Å²) in [4.78, 5) is 16.3. The Kier molecular flexibility index (Phi) is 4.01. The number of aromatic nitrogens is 2. The van der Waals surface area contributed by atoms with Crippen LogP contribution >= 0.6 is 11.8 Å². The topological polar surface area (TPSA) is 46.9 Å². The molecule has 110 valence electrons. The van der Waals surface area contributed by atoms with Crippen LogP contribution < -0.4 is 5.32 Å². The Balaban J connectivity index is 1.92. The third-order valence-corrected chi connectivity index (χ3v) is 4.72. The average Bonchev–Trinajstić information content (AvgIpc) is 3.28. The van der Waals surface area contributed by atoms with Gasteiger partial charge in [0.2, 0.25) is 5.91 Å². The maximum atomic E-state index is 11.7. The number of carbonyl (C=O) groups excluding carboxylic acids is 1. The Hall–Kier alpha value is -1.75.